The molecular weight excluding hydrogens is 472 g/mol. The molecule has 1 aromatic carbocycles. The number of amides is 1. The first-order chi connectivity index (χ1) is 16.1. The summed E-state index contributed by atoms with van der Waals surface area (Å²) in [6.07, 6.45) is 8.35. The Morgan fingerprint density at radius 2 is 2.03 bits per heavy atom. The van der Waals surface area contributed by atoms with Crippen molar-refractivity contribution >= 4 is 49.3 Å². The van der Waals surface area contributed by atoms with Crippen molar-refractivity contribution in [2.24, 2.45) is 0 Å². The number of fused-ring (bicyclic) bond motifs is 2. The molecule has 0 aliphatic rings. The number of aromatic amines is 1. The standard InChI is InChI=1S/C25H23ClN4O3S/c1-15(25(31)29-13-18-10-20-21(26)14-28-24(20)27-12-18)5-4-6-17-9-19-8-7-16(2)30-23(19)22(11-17)34(3,32)33/h4-5,7-12,14H,1,6,13H2,2-3H3,(H,27,28)(H,29,31)/b5-4+. The molecule has 0 unspecified atom stereocenters. The van der Waals surface area contributed by atoms with Crippen LogP contribution < -0.4 is 5.32 Å². The van der Waals surface area contributed by atoms with Gasteiger partial charge in [-0.05, 0) is 48.7 Å². The number of sulfone groups is 1. The minimum absolute atomic E-state index is 0.196. The highest BCUT2D eigenvalue weighted by Gasteiger charge is 2.15. The summed E-state index contributed by atoms with van der Waals surface area (Å²) in [5.41, 5.74) is 3.80. The van der Waals surface area contributed by atoms with Crippen LogP contribution in [-0.2, 0) is 27.6 Å². The molecule has 0 radical (unpaired) electrons. The van der Waals surface area contributed by atoms with Gasteiger partial charge in [-0.2, -0.15) is 0 Å². The number of rotatable bonds is 7. The largest absolute Gasteiger partial charge is 0.348 e. The molecule has 3 aromatic heterocycles. The molecule has 0 aliphatic heterocycles. The monoisotopic (exact) mass is 494 g/mol. The third kappa shape index (κ3) is 5.18. The molecule has 7 nitrogen and oxygen atoms in total. The second kappa shape index (κ2) is 9.40. The number of nitrogens with one attached hydrogen (secondary N) is 2. The Kier molecular flexibility index (Phi) is 6.54. The molecule has 4 aromatic rings. The van der Waals surface area contributed by atoms with E-state index in [2.05, 4.69) is 26.8 Å². The second-order valence-electron chi connectivity index (χ2n) is 8.08. The van der Waals surface area contributed by atoms with Gasteiger partial charge in [-0.25, -0.2) is 13.4 Å². The lowest BCUT2D eigenvalue weighted by atomic mass is 10.1. The maximum absolute atomic E-state index is 12.4. The molecule has 34 heavy (non-hydrogen) atoms. The molecule has 4 rings (SSSR count). The van der Waals surface area contributed by atoms with Crippen molar-refractivity contribution in [2.45, 2.75) is 24.8 Å². The lowest BCUT2D eigenvalue weighted by molar-refractivity contribution is -0.117. The molecule has 0 fully saturated rings. The molecule has 9 heteroatoms. The van der Waals surface area contributed by atoms with Gasteiger partial charge >= 0.3 is 0 Å². The van der Waals surface area contributed by atoms with Crippen molar-refractivity contribution in [3.63, 3.8) is 0 Å². The van der Waals surface area contributed by atoms with Crippen LogP contribution in [0.25, 0.3) is 21.9 Å². The Morgan fingerprint density at radius 1 is 1.24 bits per heavy atom. The lowest BCUT2D eigenvalue weighted by Gasteiger charge is -2.08. The van der Waals surface area contributed by atoms with E-state index in [-0.39, 0.29) is 22.9 Å². The van der Waals surface area contributed by atoms with Crippen LogP contribution in [-0.4, -0.2) is 35.5 Å². The molecule has 0 spiro atoms. The van der Waals surface area contributed by atoms with Gasteiger partial charge in [-0.3, -0.25) is 9.78 Å². The first-order valence-electron chi connectivity index (χ1n) is 10.5. The first kappa shape index (κ1) is 23.7. The van der Waals surface area contributed by atoms with Gasteiger partial charge < -0.3 is 10.3 Å². The van der Waals surface area contributed by atoms with Crippen molar-refractivity contribution < 1.29 is 13.2 Å². The van der Waals surface area contributed by atoms with E-state index < -0.39 is 9.84 Å². The van der Waals surface area contributed by atoms with Crippen LogP contribution in [0.3, 0.4) is 0 Å². The molecule has 0 aliphatic carbocycles. The number of halogens is 1. The summed E-state index contributed by atoms with van der Waals surface area (Å²) in [5.74, 6) is -0.313. The van der Waals surface area contributed by atoms with Gasteiger partial charge in [0.25, 0.3) is 5.91 Å². The fourth-order valence-corrected chi connectivity index (χ4v) is 4.66. The van der Waals surface area contributed by atoms with E-state index in [1.165, 1.54) is 6.26 Å². The summed E-state index contributed by atoms with van der Waals surface area (Å²) >= 11 is 6.12. The zero-order valence-electron chi connectivity index (χ0n) is 18.7. The molecule has 0 atom stereocenters. The van der Waals surface area contributed by atoms with Gasteiger partial charge in [0.2, 0.25) is 0 Å². The van der Waals surface area contributed by atoms with Gasteiger partial charge in [0, 0.05) is 47.2 Å². The zero-order valence-corrected chi connectivity index (χ0v) is 20.3. The van der Waals surface area contributed by atoms with Crippen LogP contribution in [0.2, 0.25) is 5.02 Å². The number of carbonyl (C=O) groups excluding carboxylic acids is 1. The van der Waals surface area contributed by atoms with Crippen molar-refractivity contribution in [2.75, 3.05) is 6.26 Å². The maximum atomic E-state index is 12.4. The number of pyridine rings is 2. The van der Waals surface area contributed by atoms with Crippen molar-refractivity contribution in [3.8, 4) is 0 Å². The van der Waals surface area contributed by atoms with Crippen LogP contribution in [0.5, 0.6) is 0 Å². The number of hydrogen-bond donors (Lipinski definition) is 2. The molecule has 2 N–H and O–H groups in total. The third-order valence-electron chi connectivity index (χ3n) is 5.31. The fraction of sp³-hybridized carbons (Fsp3) is 0.160. The first-order valence-corrected chi connectivity index (χ1v) is 12.7. The van der Waals surface area contributed by atoms with Crippen LogP contribution in [0, 0.1) is 6.92 Å². The fourth-order valence-electron chi connectivity index (χ4n) is 3.58. The number of hydrogen-bond acceptors (Lipinski definition) is 5. The minimum Gasteiger partial charge on any atom is -0.348 e. The van der Waals surface area contributed by atoms with Gasteiger partial charge in [0.15, 0.2) is 9.84 Å². The van der Waals surface area contributed by atoms with Crippen LogP contribution in [0.4, 0.5) is 0 Å². The van der Waals surface area contributed by atoms with Crippen LogP contribution in [0.1, 0.15) is 16.8 Å². The van der Waals surface area contributed by atoms with Crippen LogP contribution >= 0.6 is 11.6 Å². The smallest absolute Gasteiger partial charge is 0.250 e. The predicted molar refractivity (Wildman–Crippen MR) is 135 cm³/mol. The molecule has 0 bridgehead atoms. The predicted octanol–water partition coefficient (Wildman–Crippen LogP) is 4.45. The van der Waals surface area contributed by atoms with Gasteiger partial charge in [0.1, 0.15) is 5.65 Å². The van der Waals surface area contributed by atoms with E-state index in [4.69, 9.17) is 11.6 Å². The van der Waals surface area contributed by atoms with Gasteiger partial charge in [0.05, 0.1) is 15.4 Å². The molecule has 3 heterocycles. The van der Waals surface area contributed by atoms with Gasteiger partial charge in [-0.1, -0.05) is 36.4 Å². The van der Waals surface area contributed by atoms with Crippen LogP contribution in [0.15, 0.2) is 71.9 Å². The van der Waals surface area contributed by atoms with E-state index >= 15 is 0 Å². The Labute approximate surface area is 202 Å². The SMILES string of the molecule is C=C(/C=C/Cc1cc(S(C)(=O)=O)c2nc(C)ccc2c1)C(=O)NCc1cnc2[nH]cc(Cl)c2c1. The highest BCUT2D eigenvalue weighted by atomic mass is 35.5. The number of nitrogens with zero attached hydrogens (tertiary/aromatic N) is 2. The Bertz CT molecular complexity index is 1570. The Morgan fingerprint density at radius 3 is 2.79 bits per heavy atom. The lowest BCUT2D eigenvalue weighted by Crippen LogP contribution is -2.23. The highest BCUT2D eigenvalue weighted by Crippen LogP contribution is 2.25. The third-order valence-corrected chi connectivity index (χ3v) is 6.73. The molecule has 0 saturated carbocycles. The van der Waals surface area contributed by atoms with E-state index in [0.29, 0.717) is 22.6 Å². The molecular formula is C25H23ClN4O3S. The topological polar surface area (TPSA) is 105 Å². The van der Waals surface area contributed by atoms with Crippen molar-refractivity contribution in [1.82, 2.24) is 20.3 Å². The molecule has 0 saturated heterocycles. The summed E-state index contributed by atoms with van der Waals surface area (Å²) < 4.78 is 24.6. The van der Waals surface area contributed by atoms with Crippen molar-refractivity contribution in [1.29, 1.82) is 0 Å². The maximum Gasteiger partial charge on any atom is 0.250 e. The van der Waals surface area contributed by atoms with E-state index in [9.17, 15) is 13.2 Å². The second-order valence-corrected chi connectivity index (χ2v) is 10.5. The van der Waals surface area contributed by atoms with Crippen molar-refractivity contribution in [3.05, 3.63) is 88.9 Å². The highest BCUT2D eigenvalue weighted by molar-refractivity contribution is 7.91. The number of H-pyrrole nitrogens is 1. The summed E-state index contributed by atoms with van der Waals surface area (Å²) in [6.45, 7) is 5.93. The summed E-state index contributed by atoms with van der Waals surface area (Å²) in [5, 5.41) is 4.93. The summed E-state index contributed by atoms with van der Waals surface area (Å²) in [4.78, 5) is 24.3. The number of allylic oxidation sites excluding steroid dienone is 1. The zero-order chi connectivity index (χ0) is 24.5. The average molecular weight is 495 g/mol. The quantitative estimate of drug-likeness (QED) is 0.292. The Hall–Kier alpha value is -3.49. The minimum atomic E-state index is -3.45. The number of aryl methyl sites for hydroxylation is 1. The normalized spacial score (nSPS) is 12.0. The van der Waals surface area contributed by atoms with Gasteiger partial charge in [-0.15, -0.1) is 0 Å². The summed E-state index contributed by atoms with van der Waals surface area (Å²) in [6, 6.07) is 9.11. The average Bonchev–Trinajstić information content (AvgIpc) is 3.16. The number of carbonyl (C=O) groups is 1. The summed E-state index contributed by atoms with van der Waals surface area (Å²) in [7, 11) is -3.45. The molecule has 174 valence electrons. The molecule has 1 amide bonds. The van der Waals surface area contributed by atoms with E-state index in [1.807, 2.05) is 31.2 Å². The van der Waals surface area contributed by atoms with E-state index in [0.717, 1.165) is 27.6 Å². The Balaban J connectivity index is 1.43. The number of benzene rings is 1. The number of aromatic nitrogens is 3. The van der Waals surface area contributed by atoms with E-state index in [1.54, 1.807) is 30.6 Å².